The Kier molecular flexibility index (Phi) is 7.51. The normalized spacial score (nSPS) is 15.7. The summed E-state index contributed by atoms with van der Waals surface area (Å²) in [5, 5.41) is 3.32. The third kappa shape index (κ3) is 5.40. The molecule has 1 aliphatic rings. The second-order valence-corrected chi connectivity index (χ2v) is 10.6. The summed E-state index contributed by atoms with van der Waals surface area (Å²) < 4.78 is 32.5. The average Bonchev–Trinajstić information content (AvgIpc) is 3.23. The van der Waals surface area contributed by atoms with E-state index in [9.17, 15) is 18.0 Å². The molecule has 30 heavy (non-hydrogen) atoms. The molecule has 2 aromatic rings. The molecule has 1 aromatic carbocycles. The third-order valence-corrected chi connectivity index (χ3v) is 8.54. The lowest BCUT2D eigenvalue weighted by molar-refractivity contribution is -0.149. The lowest BCUT2D eigenvalue weighted by Crippen LogP contribution is -2.40. The Balaban J connectivity index is 1.57. The van der Waals surface area contributed by atoms with Crippen LogP contribution in [0.3, 0.4) is 0 Å². The quantitative estimate of drug-likeness (QED) is 0.627. The maximum Gasteiger partial charge on any atom is 0.309 e. The van der Waals surface area contributed by atoms with Gasteiger partial charge in [0.25, 0.3) is 15.9 Å². The van der Waals surface area contributed by atoms with Crippen LogP contribution in [-0.4, -0.2) is 44.3 Å². The number of carbonyl (C=O) groups is 2. The Morgan fingerprint density at radius 3 is 2.47 bits per heavy atom. The van der Waals surface area contributed by atoms with Crippen molar-refractivity contribution in [3.8, 4) is 0 Å². The van der Waals surface area contributed by atoms with Crippen molar-refractivity contribution in [2.45, 2.75) is 30.5 Å². The van der Waals surface area contributed by atoms with Gasteiger partial charge in [-0.15, -0.1) is 11.3 Å². The fraction of sp³-hybridized carbons (Fsp3) is 0.400. The predicted octanol–water partition coefficient (Wildman–Crippen LogP) is 3.30. The van der Waals surface area contributed by atoms with E-state index < -0.39 is 10.0 Å². The van der Waals surface area contributed by atoms with Gasteiger partial charge in [0.1, 0.15) is 4.21 Å². The van der Waals surface area contributed by atoms with Crippen molar-refractivity contribution < 1.29 is 22.7 Å². The number of ether oxygens (including phenoxy) is 1. The van der Waals surface area contributed by atoms with E-state index in [4.69, 9.17) is 16.3 Å². The number of nitrogens with zero attached hydrogens (tertiary/aromatic N) is 1. The first-order chi connectivity index (χ1) is 14.3. The van der Waals surface area contributed by atoms with Crippen LogP contribution in [0, 0.1) is 5.92 Å². The van der Waals surface area contributed by atoms with E-state index in [0.717, 1.165) is 16.2 Å². The molecule has 0 saturated carbocycles. The van der Waals surface area contributed by atoms with Crippen LogP contribution in [0.5, 0.6) is 0 Å². The van der Waals surface area contributed by atoms with Gasteiger partial charge in [-0.25, -0.2) is 8.42 Å². The summed E-state index contributed by atoms with van der Waals surface area (Å²) in [7, 11) is -3.63. The summed E-state index contributed by atoms with van der Waals surface area (Å²) in [6.07, 6.45) is 0.904. The highest BCUT2D eigenvalue weighted by atomic mass is 35.5. The molecule has 0 spiro atoms. The number of nitrogens with one attached hydrogen (secondary N) is 1. The van der Waals surface area contributed by atoms with E-state index in [-0.39, 0.29) is 41.6 Å². The van der Waals surface area contributed by atoms with Crippen molar-refractivity contribution in [3.05, 3.63) is 51.9 Å². The molecule has 1 aromatic heterocycles. The molecule has 0 bridgehead atoms. The van der Waals surface area contributed by atoms with Gasteiger partial charge in [-0.1, -0.05) is 11.6 Å². The maximum absolute atomic E-state index is 12.9. The van der Waals surface area contributed by atoms with Crippen LogP contribution in [0.25, 0.3) is 0 Å². The predicted molar refractivity (Wildman–Crippen MR) is 115 cm³/mol. The van der Waals surface area contributed by atoms with Crippen LogP contribution in [0.1, 0.15) is 35.0 Å². The average molecular weight is 471 g/mol. The smallest absolute Gasteiger partial charge is 0.309 e. The monoisotopic (exact) mass is 470 g/mol. The number of thiophene rings is 1. The van der Waals surface area contributed by atoms with Crippen LogP contribution >= 0.6 is 22.9 Å². The highest BCUT2D eigenvalue weighted by Gasteiger charge is 2.33. The van der Waals surface area contributed by atoms with Gasteiger partial charge in [-0.3, -0.25) is 9.59 Å². The second-order valence-electron chi connectivity index (χ2n) is 6.84. The number of halogens is 1. The van der Waals surface area contributed by atoms with Gasteiger partial charge in [0.15, 0.2) is 0 Å². The molecule has 0 aliphatic carbocycles. The molecule has 3 rings (SSSR count). The zero-order valence-corrected chi connectivity index (χ0v) is 18.9. The molecule has 1 N–H and O–H groups in total. The number of benzene rings is 1. The van der Waals surface area contributed by atoms with E-state index in [2.05, 4.69) is 5.32 Å². The minimum Gasteiger partial charge on any atom is -0.466 e. The molecule has 0 unspecified atom stereocenters. The number of esters is 1. The number of hydrogen-bond donors (Lipinski definition) is 1. The third-order valence-electron chi connectivity index (χ3n) is 4.83. The molecule has 1 fully saturated rings. The van der Waals surface area contributed by atoms with Crippen molar-refractivity contribution in [1.29, 1.82) is 0 Å². The zero-order valence-electron chi connectivity index (χ0n) is 16.5. The second kappa shape index (κ2) is 9.91. The molecule has 1 amide bonds. The Bertz CT molecular complexity index is 996. The summed E-state index contributed by atoms with van der Waals surface area (Å²) in [5.41, 5.74) is 0.480. The Morgan fingerprint density at radius 1 is 1.17 bits per heavy atom. The molecule has 162 valence electrons. The summed E-state index contributed by atoms with van der Waals surface area (Å²) in [6, 6.07) is 9.78. The number of piperidine rings is 1. The maximum atomic E-state index is 12.9. The number of hydrogen-bond acceptors (Lipinski definition) is 6. The fourth-order valence-corrected chi connectivity index (χ4v) is 6.23. The van der Waals surface area contributed by atoms with Gasteiger partial charge >= 0.3 is 5.97 Å². The molecule has 1 saturated heterocycles. The minimum atomic E-state index is -3.63. The Labute approximate surface area is 185 Å². The summed E-state index contributed by atoms with van der Waals surface area (Å²) in [5.74, 6) is -0.770. The van der Waals surface area contributed by atoms with Crippen LogP contribution in [0.4, 0.5) is 0 Å². The number of amides is 1. The largest absolute Gasteiger partial charge is 0.466 e. The molecular formula is C20H23ClN2O5S2. The first-order valence-electron chi connectivity index (χ1n) is 9.60. The van der Waals surface area contributed by atoms with Crippen LogP contribution in [0.15, 0.2) is 40.6 Å². The molecule has 0 atom stereocenters. The van der Waals surface area contributed by atoms with Crippen LogP contribution in [0.2, 0.25) is 5.02 Å². The lowest BCUT2D eigenvalue weighted by atomic mass is 9.98. The van der Waals surface area contributed by atoms with E-state index >= 15 is 0 Å². The SMILES string of the molecule is CCOC(=O)C1CCN(S(=O)(=O)c2ccc(CNC(=O)c3ccc(Cl)cc3)s2)CC1. The Morgan fingerprint density at radius 2 is 1.83 bits per heavy atom. The van der Waals surface area contributed by atoms with Crippen molar-refractivity contribution in [2.75, 3.05) is 19.7 Å². The number of rotatable bonds is 7. The van der Waals surface area contributed by atoms with Crippen LogP contribution in [-0.2, 0) is 26.1 Å². The summed E-state index contributed by atoms with van der Waals surface area (Å²) in [4.78, 5) is 24.8. The first-order valence-corrected chi connectivity index (χ1v) is 12.2. The van der Waals surface area contributed by atoms with Crippen molar-refractivity contribution >= 4 is 44.8 Å². The number of sulfonamides is 1. The topological polar surface area (TPSA) is 92.8 Å². The van der Waals surface area contributed by atoms with Gasteiger partial charge in [-0.2, -0.15) is 4.31 Å². The van der Waals surface area contributed by atoms with E-state index in [0.29, 0.717) is 30.0 Å². The lowest BCUT2D eigenvalue weighted by Gasteiger charge is -2.29. The summed E-state index contributed by atoms with van der Waals surface area (Å²) in [6.45, 7) is 2.87. The fourth-order valence-electron chi connectivity index (χ4n) is 3.18. The highest BCUT2D eigenvalue weighted by molar-refractivity contribution is 7.91. The minimum absolute atomic E-state index is 0.229. The molecule has 2 heterocycles. The highest BCUT2D eigenvalue weighted by Crippen LogP contribution is 2.29. The molecule has 10 heteroatoms. The van der Waals surface area contributed by atoms with E-state index in [1.165, 1.54) is 4.31 Å². The zero-order chi connectivity index (χ0) is 21.7. The van der Waals surface area contributed by atoms with Gasteiger partial charge < -0.3 is 10.1 Å². The number of carbonyl (C=O) groups excluding carboxylic acids is 2. The molecular weight excluding hydrogens is 448 g/mol. The molecule has 7 nitrogen and oxygen atoms in total. The molecule has 1 aliphatic heterocycles. The van der Waals surface area contributed by atoms with Crippen LogP contribution < -0.4 is 5.32 Å². The van der Waals surface area contributed by atoms with E-state index in [1.54, 1.807) is 43.3 Å². The van der Waals surface area contributed by atoms with Gasteiger partial charge in [0.2, 0.25) is 0 Å². The standard InChI is InChI=1S/C20H23ClN2O5S2/c1-2-28-20(25)15-9-11-23(12-10-15)30(26,27)18-8-7-17(29-18)13-22-19(24)14-3-5-16(21)6-4-14/h3-8,15H,2,9-13H2,1H3,(H,22,24). The first kappa shape index (κ1) is 22.7. The van der Waals surface area contributed by atoms with Crippen molar-refractivity contribution in [2.24, 2.45) is 5.92 Å². The van der Waals surface area contributed by atoms with Crippen molar-refractivity contribution in [1.82, 2.24) is 9.62 Å². The van der Waals surface area contributed by atoms with Gasteiger partial charge in [0.05, 0.1) is 19.1 Å². The van der Waals surface area contributed by atoms with E-state index in [1.807, 2.05) is 0 Å². The van der Waals surface area contributed by atoms with Gasteiger partial charge in [-0.05, 0) is 56.2 Å². The van der Waals surface area contributed by atoms with Crippen molar-refractivity contribution in [3.63, 3.8) is 0 Å². The van der Waals surface area contributed by atoms with Gasteiger partial charge in [0, 0.05) is 28.6 Å². The Hall–Kier alpha value is -1.94. The summed E-state index contributed by atoms with van der Waals surface area (Å²) >= 11 is 6.95. The molecule has 0 radical (unpaired) electrons.